The minimum atomic E-state index is -4.43. The van der Waals surface area contributed by atoms with Crippen molar-refractivity contribution in [2.45, 2.75) is 25.6 Å². The number of guanidine groups is 1. The minimum Gasteiger partial charge on any atom is -0.497 e. The van der Waals surface area contributed by atoms with E-state index in [0.29, 0.717) is 47.5 Å². The van der Waals surface area contributed by atoms with Gasteiger partial charge in [-0.1, -0.05) is 0 Å². The summed E-state index contributed by atoms with van der Waals surface area (Å²) < 4.78 is 48.3. The number of thiazole rings is 1. The summed E-state index contributed by atoms with van der Waals surface area (Å²) >= 11 is 0.969. The smallest absolute Gasteiger partial charge is 0.434 e. The molecule has 0 aliphatic rings. The zero-order valence-electron chi connectivity index (χ0n) is 16.9. The van der Waals surface area contributed by atoms with E-state index in [2.05, 4.69) is 20.6 Å². The molecule has 2 aromatic rings. The van der Waals surface area contributed by atoms with Crippen LogP contribution in [-0.4, -0.2) is 49.9 Å². The molecular weight excluding hydrogens is 421 g/mol. The number of aromatic nitrogens is 1. The van der Waals surface area contributed by atoms with Crippen molar-refractivity contribution in [3.63, 3.8) is 0 Å². The van der Waals surface area contributed by atoms with E-state index in [1.807, 2.05) is 6.92 Å². The second-order valence-corrected chi connectivity index (χ2v) is 7.13. The van der Waals surface area contributed by atoms with E-state index in [-0.39, 0.29) is 6.54 Å². The Hall–Kier alpha value is -2.53. The van der Waals surface area contributed by atoms with Gasteiger partial charge in [0.05, 0.1) is 31.9 Å². The number of benzene rings is 1. The second kappa shape index (κ2) is 11.0. The minimum absolute atomic E-state index is 0.0706. The first kappa shape index (κ1) is 23.7. The van der Waals surface area contributed by atoms with E-state index in [9.17, 15) is 18.3 Å². The van der Waals surface area contributed by atoms with Gasteiger partial charge in [0, 0.05) is 31.0 Å². The molecule has 2 rings (SSSR count). The molecule has 1 atom stereocenters. The number of halogens is 3. The summed E-state index contributed by atoms with van der Waals surface area (Å²) in [6.07, 6.45) is -5.00. The van der Waals surface area contributed by atoms with E-state index in [4.69, 9.17) is 9.47 Å². The zero-order chi connectivity index (χ0) is 22.1. The summed E-state index contributed by atoms with van der Waals surface area (Å²) in [5.41, 5.74) is -0.284. The van der Waals surface area contributed by atoms with Crippen molar-refractivity contribution in [3.05, 3.63) is 39.8 Å². The monoisotopic (exact) mass is 446 g/mol. The Morgan fingerprint density at radius 1 is 1.20 bits per heavy atom. The maximum Gasteiger partial charge on any atom is 0.434 e. The number of hydrogen-bond acceptors (Lipinski definition) is 6. The van der Waals surface area contributed by atoms with Gasteiger partial charge < -0.3 is 25.2 Å². The number of nitrogens with zero attached hydrogens (tertiary/aromatic N) is 2. The zero-order valence-corrected chi connectivity index (χ0v) is 17.7. The van der Waals surface area contributed by atoms with Gasteiger partial charge in [-0.15, -0.1) is 11.3 Å². The number of ether oxygens (including phenoxy) is 2. The van der Waals surface area contributed by atoms with Crippen LogP contribution in [0.1, 0.15) is 29.3 Å². The number of hydrogen-bond donors (Lipinski definition) is 3. The quantitative estimate of drug-likeness (QED) is 0.406. The maximum absolute atomic E-state index is 12.6. The molecule has 1 aromatic carbocycles. The van der Waals surface area contributed by atoms with Gasteiger partial charge in [0.2, 0.25) is 0 Å². The number of methoxy groups -OCH3 is 2. The number of aliphatic hydroxyl groups is 1. The van der Waals surface area contributed by atoms with Crippen molar-refractivity contribution in [1.82, 2.24) is 15.6 Å². The molecule has 11 heteroatoms. The highest BCUT2D eigenvalue weighted by molar-refractivity contribution is 7.09. The number of rotatable bonds is 9. The van der Waals surface area contributed by atoms with Crippen LogP contribution in [-0.2, 0) is 12.6 Å². The molecule has 1 heterocycles. The Morgan fingerprint density at radius 2 is 1.87 bits per heavy atom. The van der Waals surface area contributed by atoms with Crippen LogP contribution in [0.5, 0.6) is 11.5 Å². The SMILES string of the molecule is CCNC(=NCC(O)c1cc(OC)cc(OC)c1)NCCc1nc(C(F)(F)F)cs1. The molecule has 0 saturated heterocycles. The van der Waals surface area contributed by atoms with Crippen LogP contribution < -0.4 is 20.1 Å². The molecule has 0 bridgehead atoms. The fourth-order valence-electron chi connectivity index (χ4n) is 2.49. The molecule has 30 heavy (non-hydrogen) atoms. The van der Waals surface area contributed by atoms with Crippen LogP contribution >= 0.6 is 11.3 Å². The number of alkyl halides is 3. The average molecular weight is 446 g/mol. The first-order valence-electron chi connectivity index (χ1n) is 9.21. The second-order valence-electron chi connectivity index (χ2n) is 6.18. The van der Waals surface area contributed by atoms with Gasteiger partial charge in [0.1, 0.15) is 11.5 Å². The standard InChI is InChI=1S/C19H25F3N4O3S/c1-4-23-18(24-6-5-17-26-16(11-30-17)19(20,21)22)25-10-15(27)12-7-13(28-2)9-14(8-12)29-3/h7-9,11,15,27H,4-6,10H2,1-3H3,(H2,23,24,25). The fourth-order valence-corrected chi connectivity index (χ4v) is 3.30. The third kappa shape index (κ3) is 7.06. The highest BCUT2D eigenvalue weighted by Crippen LogP contribution is 2.30. The summed E-state index contributed by atoms with van der Waals surface area (Å²) in [5.74, 6) is 1.55. The summed E-state index contributed by atoms with van der Waals surface area (Å²) in [5, 5.41) is 17.9. The number of nitrogens with one attached hydrogen (secondary N) is 2. The molecule has 0 aliphatic heterocycles. The largest absolute Gasteiger partial charge is 0.497 e. The molecule has 166 valence electrons. The van der Waals surface area contributed by atoms with Crippen LogP contribution in [0.25, 0.3) is 0 Å². The molecule has 0 aliphatic carbocycles. The molecule has 3 N–H and O–H groups in total. The van der Waals surface area contributed by atoms with Crippen molar-refractivity contribution >= 4 is 17.3 Å². The summed E-state index contributed by atoms with van der Waals surface area (Å²) in [6.45, 7) is 2.89. The lowest BCUT2D eigenvalue weighted by molar-refractivity contribution is -0.140. The van der Waals surface area contributed by atoms with Crippen LogP contribution in [0.4, 0.5) is 13.2 Å². The van der Waals surface area contributed by atoms with E-state index in [0.717, 1.165) is 16.7 Å². The molecule has 0 radical (unpaired) electrons. The van der Waals surface area contributed by atoms with Gasteiger partial charge in [0.25, 0.3) is 0 Å². The topological polar surface area (TPSA) is 88.0 Å². The lowest BCUT2D eigenvalue weighted by Crippen LogP contribution is -2.38. The molecule has 0 saturated carbocycles. The summed E-state index contributed by atoms with van der Waals surface area (Å²) in [4.78, 5) is 7.94. The Kier molecular flexibility index (Phi) is 8.72. The predicted octanol–water partition coefficient (Wildman–Crippen LogP) is 3.01. The molecule has 7 nitrogen and oxygen atoms in total. The van der Waals surface area contributed by atoms with Crippen molar-refractivity contribution in [1.29, 1.82) is 0 Å². The number of aliphatic imine (C=N–C) groups is 1. The first-order valence-corrected chi connectivity index (χ1v) is 10.1. The van der Waals surface area contributed by atoms with Crippen LogP contribution in [0.3, 0.4) is 0 Å². The maximum atomic E-state index is 12.6. The van der Waals surface area contributed by atoms with Crippen molar-refractivity contribution < 1.29 is 27.8 Å². The molecule has 0 spiro atoms. The van der Waals surface area contributed by atoms with E-state index < -0.39 is 18.0 Å². The Morgan fingerprint density at radius 3 is 2.40 bits per heavy atom. The highest BCUT2D eigenvalue weighted by atomic mass is 32.1. The van der Waals surface area contributed by atoms with E-state index in [1.165, 1.54) is 14.2 Å². The van der Waals surface area contributed by atoms with Crippen LogP contribution in [0, 0.1) is 0 Å². The average Bonchev–Trinajstić information content (AvgIpc) is 3.20. The Bertz CT molecular complexity index is 820. The van der Waals surface area contributed by atoms with Gasteiger partial charge in [-0.05, 0) is 24.6 Å². The summed E-state index contributed by atoms with van der Waals surface area (Å²) in [7, 11) is 3.05. The molecular formula is C19H25F3N4O3S. The third-order valence-electron chi connectivity index (χ3n) is 4.00. The molecule has 1 aromatic heterocycles. The Labute approximate surface area is 177 Å². The van der Waals surface area contributed by atoms with Crippen molar-refractivity contribution in [2.24, 2.45) is 4.99 Å². The van der Waals surface area contributed by atoms with Gasteiger partial charge in [-0.3, -0.25) is 4.99 Å². The lowest BCUT2D eigenvalue weighted by Gasteiger charge is -2.14. The van der Waals surface area contributed by atoms with Gasteiger partial charge in [0.15, 0.2) is 11.7 Å². The first-order chi connectivity index (χ1) is 14.3. The van der Waals surface area contributed by atoms with E-state index in [1.54, 1.807) is 18.2 Å². The van der Waals surface area contributed by atoms with E-state index >= 15 is 0 Å². The molecule has 1 unspecified atom stereocenters. The highest BCUT2D eigenvalue weighted by Gasteiger charge is 2.33. The van der Waals surface area contributed by atoms with Gasteiger partial charge in [-0.25, -0.2) is 4.98 Å². The lowest BCUT2D eigenvalue weighted by atomic mass is 10.1. The molecule has 0 amide bonds. The molecule has 0 fully saturated rings. The van der Waals surface area contributed by atoms with Crippen LogP contribution in [0.2, 0.25) is 0 Å². The fraction of sp³-hybridized carbons (Fsp3) is 0.474. The van der Waals surface area contributed by atoms with Crippen LogP contribution in [0.15, 0.2) is 28.6 Å². The third-order valence-corrected chi connectivity index (χ3v) is 4.91. The van der Waals surface area contributed by atoms with Gasteiger partial charge >= 0.3 is 6.18 Å². The van der Waals surface area contributed by atoms with Crippen molar-refractivity contribution in [2.75, 3.05) is 33.9 Å². The number of aliphatic hydroxyl groups excluding tert-OH is 1. The Balaban J connectivity index is 1.96. The summed E-state index contributed by atoms with van der Waals surface area (Å²) in [6, 6.07) is 5.10. The van der Waals surface area contributed by atoms with Gasteiger partial charge in [-0.2, -0.15) is 13.2 Å². The predicted molar refractivity (Wildman–Crippen MR) is 109 cm³/mol. The van der Waals surface area contributed by atoms with Crippen molar-refractivity contribution in [3.8, 4) is 11.5 Å². The normalized spacial score (nSPS) is 13.1.